The number of hydrogen-bond acceptors (Lipinski definition) is 5. The highest BCUT2D eigenvalue weighted by molar-refractivity contribution is 5.78. The van der Waals surface area contributed by atoms with E-state index in [0.29, 0.717) is 35.4 Å². The molecule has 0 spiro atoms. The number of piperidine rings is 1. The minimum absolute atomic E-state index is 0.238. The molecule has 1 aromatic carbocycles. The Morgan fingerprint density at radius 2 is 2.03 bits per heavy atom. The van der Waals surface area contributed by atoms with E-state index in [4.69, 9.17) is 4.74 Å². The summed E-state index contributed by atoms with van der Waals surface area (Å²) in [6.07, 6.45) is 7.92. The van der Waals surface area contributed by atoms with E-state index in [9.17, 15) is 13.2 Å². The summed E-state index contributed by atoms with van der Waals surface area (Å²) in [5, 5.41) is 6.93. The molecule has 2 aromatic heterocycles. The van der Waals surface area contributed by atoms with Gasteiger partial charge in [0.2, 0.25) is 5.88 Å². The second-order valence-electron chi connectivity index (χ2n) is 8.20. The third-order valence-electron chi connectivity index (χ3n) is 5.99. The number of hydrogen-bond donors (Lipinski definition) is 2. The number of benzene rings is 1. The van der Waals surface area contributed by atoms with Gasteiger partial charge in [0.1, 0.15) is 17.5 Å². The Kier molecular flexibility index (Phi) is 7.57. The van der Waals surface area contributed by atoms with Crippen LogP contribution in [-0.4, -0.2) is 42.3 Å². The number of nitrogens with one attached hydrogen (secondary N) is 2. The topological polar surface area (TPSA) is 59.1 Å². The summed E-state index contributed by atoms with van der Waals surface area (Å²) < 4.78 is 46.6. The molecule has 0 amide bonds. The quantitative estimate of drug-likeness (QED) is 0.526. The maximum atomic E-state index is 14.5. The molecule has 1 fully saturated rings. The van der Waals surface area contributed by atoms with Gasteiger partial charge in [0.25, 0.3) is 0 Å². The molecule has 1 aliphatic heterocycles. The van der Waals surface area contributed by atoms with E-state index in [0.717, 1.165) is 37.9 Å². The van der Waals surface area contributed by atoms with Crippen molar-refractivity contribution in [1.29, 1.82) is 0 Å². The highest BCUT2D eigenvalue weighted by Crippen LogP contribution is 2.23. The zero-order chi connectivity index (χ0) is 23.2. The van der Waals surface area contributed by atoms with Crippen molar-refractivity contribution in [2.24, 2.45) is 0 Å². The minimum Gasteiger partial charge on any atom is -0.481 e. The van der Waals surface area contributed by atoms with Crippen LogP contribution in [0.2, 0.25) is 0 Å². The van der Waals surface area contributed by atoms with Crippen molar-refractivity contribution < 1.29 is 17.9 Å². The molecule has 0 bridgehead atoms. The molecule has 0 saturated carbocycles. The molecule has 174 valence electrons. The number of ether oxygens (including phenoxy) is 1. The highest BCUT2D eigenvalue weighted by Gasteiger charge is 2.21. The molecule has 33 heavy (non-hydrogen) atoms. The van der Waals surface area contributed by atoms with Crippen LogP contribution in [0.25, 0.3) is 17.1 Å². The minimum atomic E-state index is -0.457. The number of aromatic nitrogens is 2. The molecule has 3 heterocycles. The average Bonchev–Trinajstić information content (AvgIpc) is 2.83. The number of halogens is 3. The summed E-state index contributed by atoms with van der Waals surface area (Å²) in [6, 6.07) is 7.49. The first kappa shape index (κ1) is 23.2. The third-order valence-corrected chi connectivity index (χ3v) is 5.99. The van der Waals surface area contributed by atoms with Crippen LogP contribution in [0.1, 0.15) is 30.4 Å². The third kappa shape index (κ3) is 5.89. The Balaban J connectivity index is 1.26. The smallest absolute Gasteiger partial charge is 0.213 e. The van der Waals surface area contributed by atoms with Crippen LogP contribution in [-0.2, 0) is 6.42 Å². The van der Waals surface area contributed by atoms with Crippen LogP contribution in [0.15, 0.2) is 42.6 Å². The first-order chi connectivity index (χ1) is 16.0. The van der Waals surface area contributed by atoms with Crippen molar-refractivity contribution in [3.05, 3.63) is 71.2 Å². The summed E-state index contributed by atoms with van der Waals surface area (Å²) in [6.45, 7) is 1.35. The zero-order valence-corrected chi connectivity index (χ0v) is 18.5. The van der Waals surface area contributed by atoms with Gasteiger partial charge in [0, 0.05) is 42.4 Å². The van der Waals surface area contributed by atoms with Crippen molar-refractivity contribution >= 4 is 17.1 Å². The molecular weight excluding hydrogens is 429 g/mol. The second-order valence-corrected chi connectivity index (χ2v) is 8.20. The fourth-order valence-corrected chi connectivity index (χ4v) is 4.15. The SMILES string of the molecule is COc1ccc2ncc(F)c(CCC3CCC(NCC=Cc4cc(F)ccc4F)CN3)c2n1. The molecule has 3 aromatic rings. The van der Waals surface area contributed by atoms with Crippen LogP contribution in [0, 0.1) is 17.5 Å². The van der Waals surface area contributed by atoms with E-state index in [-0.39, 0.29) is 23.5 Å². The summed E-state index contributed by atoms with van der Waals surface area (Å²) in [4.78, 5) is 8.52. The monoisotopic (exact) mass is 456 g/mol. The Labute approximate surface area is 191 Å². The predicted molar refractivity (Wildman–Crippen MR) is 123 cm³/mol. The lowest BCUT2D eigenvalue weighted by Crippen LogP contribution is -2.48. The van der Waals surface area contributed by atoms with Crippen molar-refractivity contribution in [1.82, 2.24) is 20.6 Å². The maximum absolute atomic E-state index is 14.5. The van der Waals surface area contributed by atoms with Crippen LogP contribution < -0.4 is 15.4 Å². The molecule has 4 rings (SSSR count). The van der Waals surface area contributed by atoms with Gasteiger partial charge in [-0.2, -0.15) is 0 Å². The number of pyridine rings is 2. The molecule has 2 unspecified atom stereocenters. The van der Waals surface area contributed by atoms with E-state index in [1.807, 2.05) is 0 Å². The summed E-state index contributed by atoms with van der Waals surface area (Å²) >= 11 is 0. The van der Waals surface area contributed by atoms with Gasteiger partial charge in [-0.05, 0) is 49.9 Å². The lowest BCUT2D eigenvalue weighted by molar-refractivity contribution is 0.320. The summed E-state index contributed by atoms with van der Waals surface area (Å²) in [7, 11) is 1.53. The van der Waals surface area contributed by atoms with Gasteiger partial charge < -0.3 is 15.4 Å². The predicted octanol–water partition coefficient (Wildman–Crippen LogP) is 4.41. The van der Waals surface area contributed by atoms with Crippen LogP contribution in [0.4, 0.5) is 13.2 Å². The molecule has 8 heteroatoms. The summed E-state index contributed by atoms with van der Waals surface area (Å²) in [5.41, 5.74) is 2.00. The molecule has 1 aliphatic rings. The number of aryl methyl sites for hydroxylation is 1. The largest absolute Gasteiger partial charge is 0.481 e. The van der Waals surface area contributed by atoms with E-state index in [1.165, 1.54) is 19.4 Å². The highest BCUT2D eigenvalue weighted by atomic mass is 19.1. The molecule has 5 nitrogen and oxygen atoms in total. The molecular formula is C25H27F3N4O. The van der Waals surface area contributed by atoms with E-state index < -0.39 is 11.6 Å². The Bertz CT molecular complexity index is 1130. The van der Waals surface area contributed by atoms with Gasteiger partial charge in [0.15, 0.2) is 0 Å². The number of fused-ring (bicyclic) bond motifs is 1. The van der Waals surface area contributed by atoms with E-state index in [1.54, 1.807) is 24.3 Å². The number of methoxy groups -OCH3 is 1. The normalized spacial score (nSPS) is 18.8. The molecule has 2 atom stereocenters. The van der Waals surface area contributed by atoms with Crippen LogP contribution in [0.3, 0.4) is 0 Å². The first-order valence-corrected chi connectivity index (χ1v) is 11.1. The second kappa shape index (κ2) is 10.8. The van der Waals surface area contributed by atoms with Gasteiger partial charge in [-0.15, -0.1) is 0 Å². The number of rotatable bonds is 8. The first-order valence-electron chi connectivity index (χ1n) is 11.1. The van der Waals surface area contributed by atoms with Crippen LogP contribution >= 0.6 is 0 Å². The van der Waals surface area contributed by atoms with Gasteiger partial charge >= 0.3 is 0 Å². The lowest BCUT2D eigenvalue weighted by Gasteiger charge is -2.30. The Morgan fingerprint density at radius 1 is 1.15 bits per heavy atom. The van der Waals surface area contributed by atoms with Crippen molar-refractivity contribution in [3.8, 4) is 5.88 Å². The maximum Gasteiger partial charge on any atom is 0.213 e. The van der Waals surface area contributed by atoms with Gasteiger partial charge in [-0.3, -0.25) is 4.98 Å². The Morgan fingerprint density at radius 3 is 2.82 bits per heavy atom. The lowest BCUT2D eigenvalue weighted by atomic mass is 9.95. The molecule has 0 radical (unpaired) electrons. The Hall–Kier alpha value is -2.97. The van der Waals surface area contributed by atoms with E-state index >= 15 is 0 Å². The molecule has 2 N–H and O–H groups in total. The summed E-state index contributed by atoms with van der Waals surface area (Å²) in [5.74, 6) is -0.807. The van der Waals surface area contributed by atoms with Crippen molar-refractivity contribution in [2.45, 2.75) is 37.8 Å². The fourth-order valence-electron chi connectivity index (χ4n) is 4.15. The fraction of sp³-hybridized carbons (Fsp3) is 0.360. The van der Waals surface area contributed by atoms with Crippen molar-refractivity contribution in [3.63, 3.8) is 0 Å². The van der Waals surface area contributed by atoms with Crippen molar-refractivity contribution in [2.75, 3.05) is 20.2 Å². The van der Waals surface area contributed by atoms with Crippen LogP contribution in [0.5, 0.6) is 5.88 Å². The molecule has 0 aliphatic carbocycles. The van der Waals surface area contributed by atoms with Gasteiger partial charge in [-0.25, -0.2) is 18.2 Å². The standard InChI is InChI=1S/C25H27F3N4O/c1-33-24-11-10-23-25(32-24)20(22(28)15-31-23)8-7-18-5-6-19(14-30-18)29-12-2-3-16-13-17(26)4-9-21(16)27/h2-4,9-11,13,15,18-19,29-30H,5-8,12,14H2,1H3. The zero-order valence-electron chi connectivity index (χ0n) is 18.5. The number of nitrogens with zero attached hydrogens (tertiary/aromatic N) is 2. The van der Waals surface area contributed by atoms with Gasteiger partial charge in [-0.1, -0.05) is 12.2 Å². The van der Waals surface area contributed by atoms with Gasteiger partial charge in [0.05, 0.1) is 24.3 Å². The van der Waals surface area contributed by atoms with E-state index in [2.05, 4.69) is 20.6 Å². The molecule has 1 saturated heterocycles. The average molecular weight is 457 g/mol.